The highest BCUT2D eigenvalue weighted by atomic mass is 32.2. The topological polar surface area (TPSA) is 61.5 Å². The van der Waals surface area contributed by atoms with E-state index in [0.29, 0.717) is 12.8 Å². The summed E-state index contributed by atoms with van der Waals surface area (Å²) in [5, 5.41) is 18.4. The maximum Gasteiger partial charge on any atom is 0.266 e. The first kappa shape index (κ1) is 24.4. The Morgan fingerprint density at radius 2 is 1.48 bits per heavy atom. The highest BCUT2D eigenvalue weighted by Gasteiger charge is 2.45. The summed E-state index contributed by atoms with van der Waals surface area (Å²) in [6.45, 7) is 1.68. The number of rotatable bonds is 1. The number of aromatic nitrogens is 1. The fourth-order valence-electron chi connectivity index (χ4n) is 7.22. The first-order valence-corrected chi connectivity index (χ1v) is 16.0. The fourth-order valence-corrected chi connectivity index (χ4v) is 9.78. The summed E-state index contributed by atoms with van der Waals surface area (Å²) in [6.07, 6.45) is 2.99. The van der Waals surface area contributed by atoms with E-state index in [1.54, 1.807) is 23.1 Å². The van der Waals surface area contributed by atoms with Gasteiger partial charge in [0.05, 0.1) is 32.8 Å². The van der Waals surface area contributed by atoms with E-state index in [1.165, 1.54) is 21.5 Å². The van der Waals surface area contributed by atoms with Crippen LogP contribution in [-0.4, -0.2) is 23.2 Å². The molecule has 0 atom stereocenters. The molecule has 42 heavy (non-hydrogen) atoms. The van der Waals surface area contributed by atoms with E-state index in [2.05, 4.69) is 70.1 Å². The van der Waals surface area contributed by atoms with Crippen LogP contribution in [0.15, 0.2) is 105 Å². The summed E-state index contributed by atoms with van der Waals surface area (Å²) >= 11 is 3.29. The molecule has 0 saturated carbocycles. The number of fused-ring (bicyclic) bond motifs is 10. The van der Waals surface area contributed by atoms with E-state index in [1.807, 2.05) is 12.1 Å². The molecule has 3 aliphatic heterocycles. The average Bonchev–Trinajstić information content (AvgIpc) is 3.67. The second kappa shape index (κ2) is 8.90. The Morgan fingerprint density at radius 3 is 2.33 bits per heavy atom. The number of thioether (sulfide) groups is 1. The maximum absolute atomic E-state index is 13.7. The van der Waals surface area contributed by atoms with Crippen molar-refractivity contribution in [2.45, 2.75) is 37.1 Å². The summed E-state index contributed by atoms with van der Waals surface area (Å²) in [7, 11) is 0. The predicted octanol–water partition coefficient (Wildman–Crippen LogP) is 7.62. The van der Waals surface area contributed by atoms with Crippen LogP contribution in [0.3, 0.4) is 0 Å². The molecular formula is C35H25N2O3S2+. The zero-order chi connectivity index (χ0) is 28.1. The van der Waals surface area contributed by atoms with Crippen molar-refractivity contribution >= 4 is 77.7 Å². The summed E-state index contributed by atoms with van der Waals surface area (Å²) in [4.78, 5) is 30.9. The number of Topliss-reactive ketones (excluding diaryl/α,β-unsaturated/α-hetero) is 2. The first-order chi connectivity index (χ1) is 20.6. The quantitative estimate of drug-likeness (QED) is 0.125. The van der Waals surface area contributed by atoms with Gasteiger partial charge in [0.25, 0.3) is 5.01 Å². The van der Waals surface area contributed by atoms with E-state index < -0.39 is 11.6 Å². The molecule has 0 saturated heterocycles. The van der Waals surface area contributed by atoms with Crippen molar-refractivity contribution in [1.82, 2.24) is 0 Å². The Balaban J connectivity index is 1.24. The van der Waals surface area contributed by atoms with Gasteiger partial charge in [-0.15, -0.1) is 0 Å². The molecule has 0 amide bonds. The number of carbonyl (C=O) groups is 2. The normalized spacial score (nSPS) is 20.3. The number of aryl methyl sites for hydroxylation is 1. The molecule has 204 valence electrons. The summed E-state index contributed by atoms with van der Waals surface area (Å²) in [5.41, 5.74) is 4.32. The number of nitrogens with zero attached hydrogens (tertiary/aromatic N) is 2. The van der Waals surface area contributed by atoms with Gasteiger partial charge in [-0.3, -0.25) is 9.59 Å². The van der Waals surface area contributed by atoms with Gasteiger partial charge in [0.15, 0.2) is 6.54 Å². The second-order valence-electron chi connectivity index (χ2n) is 11.3. The lowest BCUT2D eigenvalue weighted by Gasteiger charge is -2.29. The lowest BCUT2D eigenvalue weighted by Crippen LogP contribution is -2.39. The van der Waals surface area contributed by atoms with Gasteiger partial charge >= 0.3 is 0 Å². The van der Waals surface area contributed by atoms with E-state index in [4.69, 9.17) is 0 Å². The standard InChI is InChI=1S/C35H24N2O3S2/c38-31-27(23-11-5-17-36-29-21-9-3-1-7-19(21)13-15-25(29)41-34(23)36)32(39)33(40)28(31)24-12-6-18-37-30-22-10-4-2-8-20(22)14-16-26(30)42-35(24)37/h1-4,7-10,13-16H,5-6,11-12,17-18H2/p+1. The molecule has 0 unspecified atom stereocenters. The monoisotopic (exact) mass is 585 g/mol. The largest absolute Gasteiger partial charge is 0.506 e. The Kier molecular flexibility index (Phi) is 5.17. The number of aliphatic hydroxyl groups is 1. The van der Waals surface area contributed by atoms with Crippen molar-refractivity contribution in [2.24, 2.45) is 0 Å². The van der Waals surface area contributed by atoms with Gasteiger partial charge in [-0.05, 0) is 53.8 Å². The number of anilines is 1. The smallest absolute Gasteiger partial charge is 0.266 e. The molecule has 4 aliphatic rings. The van der Waals surface area contributed by atoms with Crippen LogP contribution in [0, 0.1) is 0 Å². The van der Waals surface area contributed by atoms with Gasteiger partial charge in [-0.25, -0.2) is 0 Å². The average molecular weight is 586 g/mol. The van der Waals surface area contributed by atoms with Crippen molar-refractivity contribution in [3.63, 3.8) is 0 Å². The minimum Gasteiger partial charge on any atom is -0.506 e. The van der Waals surface area contributed by atoms with Gasteiger partial charge in [-0.2, -0.15) is 4.57 Å². The van der Waals surface area contributed by atoms with Crippen LogP contribution in [0.4, 0.5) is 5.69 Å². The molecule has 1 aromatic heterocycles. The summed E-state index contributed by atoms with van der Waals surface area (Å²) in [5.74, 6) is -1.30. The van der Waals surface area contributed by atoms with Crippen molar-refractivity contribution in [3.05, 3.63) is 105 Å². The molecule has 0 radical (unpaired) electrons. The number of aliphatic hydroxyl groups excluding tert-OH is 1. The number of benzene rings is 4. The third kappa shape index (κ3) is 3.23. The van der Waals surface area contributed by atoms with Crippen LogP contribution >= 0.6 is 23.1 Å². The van der Waals surface area contributed by atoms with Gasteiger partial charge in [0, 0.05) is 23.2 Å². The molecule has 5 aromatic rings. The number of allylic oxidation sites excluding steroid dienone is 4. The molecular weight excluding hydrogens is 561 g/mol. The maximum atomic E-state index is 13.7. The van der Waals surface area contributed by atoms with Gasteiger partial charge in [0.1, 0.15) is 10.5 Å². The molecule has 7 heteroatoms. The lowest BCUT2D eigenvalue weighted by atomic mass is 9.96. The molecule has 0 spiro atoms. The Labute approximate surface area is 250 Å². The first-order valence-electron chi connectivity index (χ1n) is 14.4. The zero-order valence-corrected chi connectivity index (χ0v) is 24.3. The molecule has 0 fully saturated rings. The highest BCUT2D eigenvalue weighted by molar-refractivity contribution is 8.03. The Bertz CT molecular complexity index is 2190. The molecule has 4 heterocycles. The van der Waals surface area contributed by atoms with Crippen molar-refractivity contribution < 1.29 is 19.3 Å². The van der Waals surface area contributed by atoms with Gasteiger partial charge in [0.2, 0.25) is 17.1 Å². The minimum absolute atomic E-state index is 0.137. The highest BCUT2D eigenvalue weighted by Crippen LogP contribution is 2.54. The second-order valence-corrected chi connectivity index (χ2v) is 13.4. The molecule has 9 rings (SSSR count). The SMILES string of the molecule is O=C1C(=O)/C(=C2\CCC[n+]3c2sc2ccc4ccccc4c23)C(O)=C1C1=C2Sc3ccc4ccccc4c3N2CCC1. The Morgan fingerprint density at radius 1 is 0.762 bits per heavy atom. The van der Waals surface area contributed by atoms with Crippen LogP contribution in [-0.2, 0) is 16.1 Å². The number of thiazole rings is 1. The number of carbonyl (C=O) groups excluding carboxylic acids is 2. The van der Waals surface area contributed by atoms with Crippen molar-refractivity contribution in [1.29, 1.82) is 0 Å². The van der Waals surface area contributed by atoms with E-state index >= 15 is 0 Å². The molecule has 1 N–H and O–H groups in total. The van der Waals surface area contributed by atoms with E-state index in [-0.39, 0.29) is 16.9 Å². The van der Waals surface area contributed by atoms with Crippen LogP contribution in [0.1, 0.15) is 30.7 Å². The number of hydrogen-bond acceptors (Lipinski definition) is 6. The lowest BCUT2D eigenvalue weighted by molar-refractivity contribution is -0.671. The van der Waals surface area contributed by atoms with Crippen LogP contribution in [0.2, 0.25) is 0 Å². The van der Waals surface area contributed by atoms with Crippen LogP contribution < -0.4 is 9.47 Å². The molecule has 5 nitrogen and oxygen atoms in total. The van der Waals surface area contributed by atoms with Crippen molar-refractivity contribution in [2.75, 3.05) is 11.4 Å². The third-order valence-corrected chi connectivity index (χ3v) is 11.5. The molecule has 4 aromatic carbocycles. The Hall–Kier alpha value is -4.20. The minimum atomic E-state index is -0.579. The zero-order valence-electron chi connectivity index (χ0n) is 22.6. The van der Waals surface area contributed by atoms with E-state index in [9.17, 15) is 14.7 Å². The van der Waals surface area contributed by atoms with E-state index in [0.717, 1.165) is 67.9 Å². The number of ketones is 2. The van der Waals surface area contributed by atoms with Gasteiger partial charge in [-0.1, -0.05) is 77.7 Å². The third-order valence-electron chi connectivity index (χ3n) is 9.04. The van der Waals surface area contributed by atoms with Gasteiger partial charge < -0.3 is 10.0 Å². The molecule has 1 aliphatic carbocycles. The summed E-state index contributed by atoms with van der Waals surface area (Å²) in [6, 6.07) is 25.3. The van der Waals surface area contributed by atoms with Crippen molar-refractivity contribution in [3.8, 4) is 0 Å². The number of hydrogen-bond donors (Lipinski definition) is 1. The van der Waals surface area contributed by atoms with Crippen LogP contribution in [0.25, 0.3) is 37.3 Å². The fraction of sp³-hybridized carbons (Fsp3) is 0.171. The molecule has 0 bridgehead atoms. The summed E-state index contributed by atoms with van der Waals surface area (Å²) < 4.78 is 3.43. The van der Waals surface area contributed by atoms with Crippen LogP contribution in [0.5, 0.6) is 0 Å². The predicted molar refractivity (Wildman–Crippen MR) is 169 cm³/mol.